The maximum absolute atomic E-state index is 11.5. The maximum Gasteiger partial charge on any atom is 0.335 e. The van der Waals surface area contributed by atoms with E-state index in [4.69, 9.17) is 5.11 Å². The normalized spacial score (nSPS) is 10.7. The van der Waals surface area contributed by atoms with E-state index in [1.54, 1.807) is 0 Å². The molecule has 0 aromatic carbocycles. The van der Waals surface area contributed by atoms with E-state index < -0.39 is 5.97 Å². The van der Waals surface area contributed by atoms with Crippen LogP contribution < -0.4 is 5.56 Å². The van der Waals surface area contributed by atoms with Crippen molar-refractivity contribution < 1.29 is 9.90 Å². The van der Waals surface area contributed by atoms with E-state index in [9.17, 15) is 9.59 Å². The van der Waals surface area contributed by atoms with Gasteiger partial charge in [0.15, 0.2) is 0 Å². The highest BCUT2D eigenvalue weighted by atomic mass is 16.4. The molecule has 0 spiro atoms. The van der Waals surface area contributed by atoms with Gasteiger partial charge < -0.3 is 14.6 Å². The summed E-state index contributed by atoms with van der Waals surface area (Å²) >= 11 is 0. The quantitative estimate of drug-likeness (QED) is 0.791. The Morgan fingerprint density at radius 2 is 2.19 bits per heavy atom. The van der Waals surface area contributed by atoms with Crippen LogP contribution in [0.4, 0.5) is 0 Å². The molecule has 0 aliphatic rings. The topological polar surface area (TPSA) is 62.5 Å². The molecule has 5 nitrogen and oxygen atoms in total. The molecule has 0 unspecified atom stereocenters. The fourth-order valence-electron chi connectivity index (χ4n) is 1.38. The van der Waals surface area contributed by atoms with Crippen LogP contribution >= 0.6 is 0 Å². The minimum atomic E-state index is -1.07. The van der Waals surface area contributed by atoms with E-state index in [1.165, 1.54) is 16.8 Å². The Balaban J connectivity index is 2.69. The summed E-state index contributed by atoms with van der Waals surface area (Å²) in [7, 11) is 3.94. The minimum Gasteiger partial charge on any atom is -0.478 e. The zero-order valence-electron chi connectivity index (χ0n) is 9.51. The Morgan fingerprint density at radius 3 is 2.69 bits per heavy atom. The minimum absolute atomic E-state index is 0.0360. The van der Waals surface area contributed by atoms with Crippen molar-refractivity contribution in [2.75, 3.05) is 20.6 Å². The molecule has 1 aromatic heterocycles. The molecule has 5 heteroatoms. The van der Waals surface area contributed by atoms with Gasteiger partial charge in [-0.2, -0.15) is 0 Å². The van der Waals surface area contributed by atoms with Crippen LogP contribution in [0.5, 0.6) is 0 Å². The number of nitrogens with zero attached hydrogens (tertiary/aromatic N) is 2. The van der Waals surface area contributed by atoms with Gasteiger partial charge in [-0.1, -0.05) is 0 Å². The van der Waals surface area contributed by atoms with Crippen LogP contribution in [-0.4, -0.2) is 41.2 Å². The van der Waals surface area contributed by atoms with Crippen molar-refractivity contribution >= 4 is 5.97 Å². The zero-order valence-corrected chi connectivity index (χ0v) is 9.51. The maximum atomic E-state index is 11.5. The summed E-state index contributed by atoms with van der Waals surface area (Å²) in [5, 5.41) is 8.69. The van der Waals surface area contributed by atoms with Gasteiger partial charge in [-0.3, -0.25) is 4.79 Å². The van der Waals surface area contributed by atoms with Crippen LogP contribution in [0.3, 0.4) is 0 Å². The largest absolute Gasteiger partial charge is 0.478 e. The van der Waals surface area contributed by atoms with Gasteiger partial charge >= 0.3 is 5.97 Å². The molecule has 0 radical (unpaired) electrons. The van der Waals surface area contributed by atoms with Gasteiger partial charge in [-0.05, 0) is 33.1 Å². The predicted molar refractivity (Wildman–Crippen MR) is 60.8 cm³/mol. The first-order valence-corrected chi connectivity index (χ1v) is 5.09. The highest BCUT2D eigenvalue weighted by molar-refractivity contribution is 5.87. The number of hydrogen-bond donors (Lipinski definition) is 1. The van der Waals surface area contributed by atoms with Gasteiger partial charge in [-0.25, -0.2) is 4.79 Å². The lowest BCUT2D eigenvalue weighted by Gasteiger charge is -2.10. The summed E-state index contributed by atoms with van der Waals surface area (Å²) < 4.78 is 1.52. The number of carboxylic acid groups (broad SMARTS) is 1. The van der Waals surface area contributed by atoms with Crippen LogP contribution in [0.15, 0.2) is 23.1 Å². The van der Waals surface area contributed by atoms with Crippen molar-refractivity contribution in [3.05, 3.63) is 34.2 Å². The monoisotopic (exact) mass is 224 g/mol. The van der Waals surface area contributed by atoms with Crippen LogP contribution in [0.2, 0.25) is 0 Å². The summed E-state index contributed by atoms with van der Waals surface area (Å²) in [5.41, 5.74) is -0.229. The molecule has 88 valence electrons. The van der Waals surface area contributed by atoms with Gasteiger partial charge in [0.2, 0.25) is 0 Å². The molecule has 1 N–H and O–H groups in total. The molecule has 1 rings (SSSR count). The van der Waals surface area contributed by atoms with Gasteiger partial charge in [0.05, 0.1) is 5.56 Å². The second-order valence-electron chi connectivity index (χ2n) is 3.91. The SMILES string of the molecule is CN(C)CCCn1ccc(C(=O)O)cc1=O. The van der Waals surface area contributed by atoms with Gasteiger partial charge in [0.1, 0.15) is 0 Å². The van der Waals surface area contributed by atoms with Crippen LogP contribution in [0.1, 0.15) is 16.8 Å². The predicted octanol–water partition coefficient (Wildman–Crippen LogP) is 0.498. The van der Waals surface area contributed by atoms with Crippen molar-refractivity contribution in [1.82, 2.24) is 9.47 Å². The smallest absolute Gasteiger partial charge is 0.335 e. The third-order valence-corrected chi connectivity index (χ3v) is 2.25. The fraction of sp³-hybridized carbons (Fsp3) is 0.455. The van der Waals surface area contributed by atoms with E-state index in [1.807, 2.05) is 19.0 Å². The second kappa shape index (κ2) is 5.46. The third kappa shape index (κ3) is 3.51. The first-order valence-electron chi connectivity index (χ1n) is 5.09. The van der Waals surface area contributed by atoms with E-state index in [-0.39, 0.29) is 11.1 Å². The third-order valence-electron chi connectivity index (χ3n) is 2.25. The molecule has 0 saturated heterocycles. The van der Waals surface area contributed by atoms with E-state index in [0.717, 1.165) is 19.0 Å². The number of rotatable bonds is 5. The summed E-state index contributed by atoms with van der Waals surface area (Å²) in [6.45, 7) is 1.50. The highest BCUT2D eigenvalue weighted by Crippen LogP contribution is 1.96. The molecule has 0 aliphatic carbocycles. The van der Waals surface area contributed by atoms with Crippen LogP contribution in [-0.2, 0) is 6.54 Å². The molecule has 1 heterocycles. The van der Waals surface area contributed by atoms with Gasteiger partial charge in [0.25, 0.3) is 5.56 Å². The van der Waals surface area contributed by atoms with Crippen molar-refractivity contribution in [2.24, 2.45) is 0 Å². The first kappa shape index (κ1) is 12.4. The molecule has 0 aliphatic heterocycles. The Kier molecular flexibility index (Phi) is 4.25. The summed E-state index contributed by atoms with van der Waals surface area (Å²) in [6.07, 6.45) is 2.39. The molecule has 1 aromatic rings. The molecule has 0 bridgehead atoms. The molecule has 0 amide bonds. The molecule has 16 heavy (non-hydrogen) atoms. The Bertz CT molecular complexity index is 423. The molecular weight excluding hydrogens is 208 g/mol. The molecule has 0 atom stereocenters. The average molecular weight is 224 g/mol. The van der Waals surface area contributed by atoms with Crippen LogP contribution in [0, 0.1) is 0 Å². The number of aromatic nitrogens is 1. The Labute approximate surface area is 93.9 Å². The molecule has 0 saturated carbocycles. The molecule has 0 fully saturated rings. The number of aromatic carboxylic acids is 1. The van der Waals surface area contributed by atoms with E-state index >= 15 is 0 Å². The lowest BCUT2D eigenvalue weighted by Crippen LogP contribution is -2.22. The summed E-state index contributed by atoms with van der Waals surface area (Å²) in [5.74, 6) is -1.07. The van der Waals surface area contributed by atoms with Gasteiger partial charge in [-0.15, -0.1) is 0 Å². The number of carbonyl (C=O) groups is 1. The number of hydrogen-bond acceptors (Lipinski definition) is 3. The average Bonchev–Trinajstić information content (AvgIpc) is 2.19. The standard InChI is InChI=1S/C11H16N2O3/c1-12(2)5-3-6-13-7-4-9(11(15)16)8-10(13)14/h4,7-8H,3,5-6H2,1-2H3,(H,15,16). The molecular formula is C11H16N2O3. The van der Waals surface area contributed by atoms with Crippen LogP contribution in [0.25, 0.3) is 0 Å². The number of carboxylic acids is 1. The first-order chi connectivity index (χ1) is 7.50. The van der Waals surface area contributed by atoms with E-state index in [0.29, 0.717) is 6.54 Å². The Morgan fingerprint density at radius 1 is 1.50 bits per heavy atom. The lowest BCUT2D eigenvalue weighted by molar-refractivity contribution is 0.0696. The fourth-order valence-corrected chi connectivity index (χ4v) is 1.38. The Hall–Kier alpha value is -1.62. The van der Waals surface area contributed by atoms with Crippen molar-refractivity contribution in [3.8, 4) is 0 Å². The van der Waals surface area contributed by atoms with Gasteiger partial charge in [0, 0.05) is 18.8 Å². The van der Waals surface area contributed by atoms with E-state index in [2.05, 4.69) is 0 Å². The number of aryl methyl sites for hydroxylation is 1. The lowest BCUT2D eigenvalue weighted by atomic mass is 10.2. The van der Waals surface area contributed by atoms with Crippen molar-refractivity contribution in [1.29, 1.82) is 0 Å². The second-order valence-corrected chi connectivity index (χ2v) is 3.91. The summed E-state index contributed by atoms with van der Waals surface area (Å²) in [4.78, 5) is 24.2. The number of pyridine rings is 1. The highest BCUT2D eigenvalue weighted by Gasteiger charge is 2.04. The zero-order chi connectivity index (χ0) is 12.1. The van der Waals surface area contributed by atoms with Crippen molar-refractivity contribution in [3.63, 3.8) is 0 Å². The van der Waals surface area contributed by atoms with Crippen molar-refractivity contribution in [2.45, 2.75) is 13.0 Å². The summed E-state index contributed by atoms with van der Waals surface area (Å²) in [6, 6.07) is 2.59.